The number of hydrogen-bond acceptors (Lipinski definition) is 2. The molecule has 0 aliphatic heterocycles. The molecule has 140 valence electrons. The van der Waals surface area contributed by atoms with Crippen LogP contribution in [0.1, 0.15) is 43.7 Å². The molecule has 26 heavy (non-hydrogen) atoms. The maximum absolute atomic E-state index is 6.27. The topological polar surface area (TPSA) is 21.3 Å². The normalized spacial score (nSPS) is 21.3. The zero-order chi connectivity index (χ0) is 18.4. The fourth-order valence-electron chi connectivity index (χ4n) is 3.94. The van der Waals surface area contributed by atoms with Gasteiger partial charge >= 0.3 is 0 Å². The molecule has 0 radical (unpaired) electrons. The summed E-state index contributed by atoms with van der Waals surface area (Å²) in [6.45, 7) is 6.39. The van der Waals surface area contributed by atoms with Gasteiger partial charge in [0.25, 0.3) is 0 Å². The first kappa shape index (κ1) is 19.3. The Labute approximate surface area is 162 Å². The van der Waals surface area contributed by atoms with Crippen LogP contribution < -0.4 is 10.1 Å². The van der Waals surface area contributed by atoms with E-state index in [-0.39, 0.29) is 0 Å². The Kier molecular flexibility index (Phi) is 6.99. The SMILES string of the molecule is Cc1cccc(O[C@@H]2CCC[C@H](C(C)CNCc3cccc(Cl)c3)C2)c1. The molecule has 0 aromatic heterocycles. The lowest BCUT2D eigenvalue weighted by atomic mass is 9.79. The van der Waals surface area contributed by atoms with Crippen molar-refractivity contribution >= 4 is 11.6 Å². The lowest BCUT2D eigenvalue weighted by Crippen LogP contribution is -2.33. The van der Waals surface area contributed by atoms with Crippen LogP contribution in [-0.4, -0.2) is 12.6 Å². The number of aryl methyl sites for hydroxylation is 1. The predicted molar refractivity (Wildman–Crippen MR) is 110 cm³/mol. The molecule has 2 aromatic carbocycles. The zero-order valence-corrected chi connectivity index (χ0v) is 16.6. The van der Waals surface area contributed by atoms with Gasteiger partial charge in [0.05, 0.1) is 6.10 Å². The molecule has 1 aliphatic carbocycles. The highest BCUT2D eigenvalue weighted by atomic mass is 35.5. The average Bonchev–Trinajstić information content (AvgIpc) is 2.62. The van der Waals surface area contributed by atoms with Crippen LogP contribution >= 0.6 is 11.6 Å². The second-order valence-electron chi connectivity index (χ2n) is 7.72. The smallest absolute Gasteiger partial charge is 0.119 e. The molecule has 1 fully saturated rings. The zero-order valence-electron chi connectivity index (χ0n) is 15.9. The van der Waals surface area contributed by atoms with Crippen molar-refractivity contribution in [3.8, 4) is 5.75 Å². The summed E-state index contributed by atoms with van der Waals surface area (Å²) in [5.41, 5.74) is 2.50. The fourth-order valence-corrected chi connectivity index (χ4v) is 4.16. The molecule has 1 aliphatic rings. The van der Waals surface area contributed by atoms with Crippen molar-refractivity contribution in [3.63, 3.8) is 0 Å². The summed E-state index contributed by atoms with van der Waals surface area (Å²) < 4.78 is 6.27. The van der Waals surface area contributed by atoms with E-state index in [0.29, 0.717) is 12.0 Å². The van der Waals surface area contributed by atoms with E-state index in [0.717, 1.165) is 36.2 Å². The van der Waals surface area contributed by atoms with Crippen LogP contribution in [0.25, 0.3) is 0 Å². The maximum Gasteiger partial charge on any atom is 0.119 e. The van der Waals surface area contributed by atoms with E-state index < -0.39 is 0 Å². The minimum absolute atomic E-state index is 0.353. The Hall–Kier alpha value is -1.51. The van der Waals surface area contributed by atoms with Gasteiger partial charge in [-0.3, -0.25) is 0 Å². The first-order valence-electron chi connectivity index (χ1n) is 9.78. The van der Waals surface area contributed by atoms with Crippen LogP contribution in [0.5, 0.6) is 5.75 Å². The third-order valence-electron chi connectivity index (χ3n) is 5.45. The number of ether oxygens (including phenoxy) is 1. The monoisotopic (exact) mass is 371 g/mol. The Morgan fingerprint density at radius 2 is 2.00 bits per heavy atom. The molecule has 1 N–H and O–H groups in total. The Bertz CT molecular complexity index is 702. The highest BCUT2D eigenvalue weighted by molar-refractivity contribution is 6.30. The van der Waals surface area contributed by atoms with Crippen molar-refractivity contribution in [3.05, 3.63) is 64.7 Å². The largest absolute Gasteiger partial charge is 0.490 e. The molecular formula is C23H30ClNO. The van der Waals surface area contributed by atoms with Gasteiger partial charge in [-0.15, -0.1) is 0 Å². The Balaban J connectivity index is 1.46. The quantitative estimate of drug-likeness (QED) is 0.643. The summed E-state index contributed by atoms with van der Waals surface area (Å²) in [6.07, 6.45) is 5.26. The summed E-state index contributed by atoms with van der Waals surface area (Å²) in [4.78, 5) is 0. The van der Waals surface area contributed by atoms with E-state index in [1.54, 1.807) is 0 Å². The van der Waals surface area contributed by atoms with Crippen LogP contribution in [0.15, 0.2) is 48.5 Å². The summed E-state index contributed by atoms with van der Waals surface area (Å²) in [5.74, 6) is 2.39. The minimum atomic E-state index is 0.353. The van der Waals surface area contributed by atoms with Gasteiger partial charge in [0.15, 0.2) is 0 Å². The van der Waals surface area contributed by atoms with E-state index in [2.05, 4.69) is 49.5 Å². The summed E-state index contributed by atoms with van der Waals surface area (Å²) in [7, 11) is 0. The molecule has 0 bridgehead atoms. The molecule has 0 spiro atoms. The van der Waals surface area contributed by atoms with E-state index in [1.807, 2.05) is 18.2 Å². The van der Waals surface area contributed by atoms with Gasteiger partial charge in [-0.05, 0) is 86.4 Å². The van der Waals surface area contributed by atoms with Gasteiger partial charge in [-0.25, -0.2) is 0 Å². The molecule has 0 heterocycles. The van der Waals surface area contributed by atoms with Crippen molar-refractivity contribution in [2.24, 2.45) is 11.8 Å². The second kappa shape index (κ2) is 9.43. The summed E-state index contributed by atoms with van der Waals surface area (Å²) in [6, 6.07) is 16.5. The van der Waals surface area contributed by atoms with Gasteiger partial charge in [-0.1, -0.05) is 42.8 Å². The van der Waals surface area contributed by atoms with Crippen molar-refractivity contribution in [1.82, 2.24) is 5.32 Å². The van der Waals surface area contributed by atoms with E-state index in [4.69, 9.17) is 16.3 Å². The van der Waals surface area contributed by atoms with Crippen molar-refractivity contribution < 1.29 is 4.74 Å². The first-order chi connectivity index (χ1) is 12.6. The second-order valence-corrected chi connectivity index (χ2v) is 8.16. The highest BCUT2D eigenvalue weighted by Gasteiger charge is 2.27. The number of rotatable bonds is 7. The van der Waals surface area contributed by atoms with Crippen molar-refractivity contribution in [2.75, 3.05) is 6.54 Å². The van der Waals surface area contributed by atoms with Gasteiger partial charge in [0.2, 0.25) is 0 Å². The maximum atomic E-state index is 6.27. The standard InChI is InChI=1S/C23H30ClNO/c1-17-6-3-10-22(12-17)26-23-11-5-8-20(14-23)18(2)15-25-16-19-7-4-9-21(24)13-19/h3-4,6-7,9-10,12-13,18,20,23,25H,5,8,11,14-16H2,1-2H3/t18?,20-,23+/m0/s1. The third-order valence-corrected chi connectivity index (χ3v) is 5.68. The lowest BCUT2D eigenvalue weighted by molar-refractivity contribution is 0.102. The Morgan fingerprint density at radius 1 is 1.15 bits per heavy atom. The molecule has 3 rings (SSSR count). The molecule has 3 heteroatoms. The summed E-state index contributed by atoms with van der Waals surface area (Å²) in [5, 5.41) is 4.40. The number of nitrogens with one attached hydrogen (secondary N) is 1. The van der Waals surface area contributed by atoms with Crippen LogP contribution in [0.4, 0.5) is 0 Å². The fraction of sp³-hybridized carbons (Fsp3) is 0.478. The highest BCUT2D eigenvalue weighted by Crippen LogP contribution is 2.32. The van der Waals surface area contributed by atoms with Gasteiger partial charge in [0, 0.05) is 11.6 Å². The number of benzene rings is 2. The van der Waals surface area contributed by atoms with Crippen LogP contribution in [0, 0.1) is 18.8 Å². The molecule has 1 unspecified atom stereocenters. The van der Waals surface area contributed by atoms with E-state index >= 15 is 0 Å². The van der Waals surface area contributed by atoms with Crippen LogP contribution in [0.2, 0.25) is 5.02 Å². The Morgan fingerprint density at radius 3 is 2.81 bits per heavy atom. The molecule has 0 saturated heterocycles. The average molecular weight is 372 g/mol. The molecule has 2 nitrogen and oxygen atoms in total. The molecule has 1 saturated carbocycles. The summed E-state index contributed by atoms with van der Waals surface area (Å²) >= 11 is 6.06. The molecular weight excluding hydrogens is 342 g/mol. The number of hydrogen-bond donors (Lipinski definition) is 1. The van der Waals surface area contributed by atoms with E-state index in [1.165, 1.54) is 30.4 Å². The molecule has 0 amide bonds. The van der Waals surface area contributed by atoms with Gasteiger partial charge in [-0.2, -0.15) is 0 Å². The van der Waals surface area contributed by atoms with Crippen LogP contribution in [0.3, 0.4) is 0 Å². The molecule has 3 atom stereocenters. The van der Waals surface area contributed by atoms with Crippen molar-refractivity contribution in [1.29, 1.82) is 0 Å². The lowest BCUT2D eigenvalue weighted by Gasteiger charge is -2.33. The van der Waals surface area contributed by atoms with Gasteiger partial charge in [0.1, 0.15) is 5.75 Å². The van der Waals surface area contributed by atoms with E-state index in [9.17, 15) is 0 Å². The third kappa shape index (κ3) is 5.75. The minimum Gasteiger partial charge on any atom is -0.490 e. The van der Waals surface area contributed by atoms with Gasteiger partial charge < -0.3 is 10.1 Å². The van der Waals surface area contributed by atoms with Crippen molar-refractivity contribution in [2.45, 2.75) is 52.2 Å². The molecule has 2 aromatic rings. The van der Waals surface area contributed by atoms with Crippen LogP contribution in [-0.2, 0) is 6.54 Å². The number of halogens is 1. The predicted octanol–water partition coefficient (Wildman–Crippen LogP) is 6.01. The first-order valence-corrected chi connectivity index (χ1v) is 10.2.